The SMILES string of the molecule is CC(C)c1cc(-c2n[nH]c(=O)n2-c2ccc(CNCCNC(=O)CC(=O)OC[C@H](O)Cn3cnc4c(c(Nc5ccc(I)cc5F)c(F)c(=O)n4C)c3=O)c(F)c2)c(O)cc1O. The van der Waals surface area contributed by atoms with E-state index in [1.54, 1.807) is 0 Å². The first-order valence-electron chi connectivity index (χ1n) is 18.8. The molecule has 0 saturated heterocycles. The molecule has 0 unspecified atom stereocenters. The molecule has 326 valence electrons. The van der Waals surface area contributed by atoms with Crippen LogP contribution in [0.4, 0.5) is 24.5 Å². The molecular formula is C40H39F3IN9O9. The van der Waals surface area contributed by atoms with Gasteiger partial charge in [-0.15, -0.1) is 0 Å². The van der Waals surface area contributed by atoms with Crippen molar-refractivity contribution in [3.63, 3.8) is 0 Å². The third-order valence-electron chi connectivity index (χ3n) is 9.55. The third-order valence-corrected chi connectivity index (χ3v) is 10.2. The van der Waals surface area contributed by atoms with Gasteiger partial charge >= 0.3 is 11.7 Å². The Morgan fingerprint density at radius 1 is 0.968 bits per heavy atom. The number of nitrogens with zero attached hydrogens (tertiary/aromatic N) is 5. The van der Waals surface area contributed by atoms with Crippen LogP contribution in [-0.4, -0.2) is 81.9 Å². The second-order valence-electron chi connectivity index (χ2n) is 14.3. The monoisotopic (exact) mass is 973 g/mol. The summed E-state index contributed by atoms with van der Waals surface area (Å²) < 4.78 is 53.4. The lowest BCUT2D eigenvalue weighted by molar-refractivity contribution is -0.149. The standard InChI is InChI=1S/C40H39F3IN9O9/c1-19(2)24-12-25(30(56)13-29(24)55)36-49-50-40(61)53(36)22-6-4-20(26(41)11-22)15-45-8-9-46-31(57)14-32(58)62-17-23(54)16-52-18-47-37-33(38(52)59)35(34(43)39(60)51(37)3)48-28-7-5-21(44)10-27(28)42/h4-7,10-13,18-19,23,45,48,54-56H,8-9,14-17H2,1-3H3,(H,46,57)(H,50,61)/t23-/m1/s1. The molecule has 7 N–H and O–H groups in total. The zero-order valence-corrected chi connectivity index (χ0v) is 35.3. The van der Waals surface area contributed by atoms with E-state index < -0.39 is 82.9 Å². The number of anilines is 2. The van der Waals surface area contributed by atoms with Crippen LogP contribution in [0.25, 0.3) is 28.1 Å². The van der Waals surface area contributed by atoms with Gasteiger partial charge < -0.3 is 36.0 Å². The lowest BCUT2D eigenvalue weighted by Gasteiger charge is -2.16. The molecule has 62 heavy (non-hydrogen) atoms. The van der Waals surface area contributed by atoms with Crippen molar-refractivity contribution in [2.45, 2.75) is 45.4 Å². The zero-order valence-electron chi connectivity index (χ0n) is 33.1. The summed E-state index contributed by atoms with van der Waals surface area (Å²) in [6.07, 6.45) is -1.21. The van der Waals surface area contributed by atoms with E-state index in [4.69, 9.17) is 4.74 Å². The number of H-pyrrole nitrogens is 1. The minimum absolute atomic E-state index is 0.00197. The molecule has 1 atom stereocenters. The first-order valence-corrected chi connectivity index (χ1v) is 19.9. The second-order valence-corrected chi connectivity index (χ2v) is 15.5. The van der Waals surface area contributed by atoms with Crippen LogP contribution < -0.4 is 32.8 Å². The maximum Gasteiger partial charge on any atom is 0.348 e. The number of aryl methyl sites for hydroxylation is 1. The predicted molar refractivity (Wildman–Crippen MR) is 227 cm³/mol. The molecule has 0 bridgehead atoms. The number of aromatic nitrogens is 6. The molecule has 0 aliphatic rings. The molecular weight excluding hydrogens is 934 g/mol. The lowest BCUT2D eigenvalue weighted by Crippen LogP contribution is -2.34. The molecule has 0 aliphatic heterocycles. The number of aromatic hydroxyl groups is 2. The molecule has 0 radical (unpaired) electrons. The number of phenolic OH excluding ortho intramolecular Hbond substituents is 2. The van der Waals surface area contributed by atoms with E-state index >= 15 is 8.78 Å². The number of esters is 1. The normalized spacial score (nSPS) is 11.9. The number of hydrogen-bond donors (Lipinski definition) is 7. The van der Waals surface area contributed by atoms with Crippen molar-refractivity contribution in [2.24, 2.45) is 7.05 Å². The van der Waals surface area contributed by atoms with Gasteiger partial charge in [-0.3, -0.25) is 28.3 Å². The van der Waals surface area contributed by atoms with Gasteiger partial charge in [0, 0.05) is 41.9 Å². The average Bonchev–Trinajstić information content (AvgIpc) is 3.60. The van der Waals surface area contributed by atoms with Gasteiger partial charge in [0.15, 0.2) is 11.5 Å². The highest BCUT2D eigenvalue weighted by Gasteiger charge is 2.24. The highest BCUT2D eigenvalue weighted by atomic mass is 127. The van der Waals surface area contributed by atoms with Crippen molar-refractivity contribution in [3.05, 3.63) is 118 Å². The molecule has 3 heterocycles. The molecule has 1 amide bonds. The number of ether oxygens (including phenoxy) is 1. The van der Waals surface area contributed by atoms with E-state index in [0.29, 0.717) is 9.13 Å². The third kappa shape index (κ3) is 9.81. The Labute approximate surface area is 362 Å². The Balaban J connectivity index is 0.983. The molecule has 0 saturated carbocycles. The van der Waals surface area contributed by atoms with Crippen LogP contribution in [0.15, 0.2) is 69.2 Å². The summed E-state index contributed by atoms with van der Waals surface area (Å²) in [6, 6.07) is 10.7. The van der Waals surface area contributed by atoms with Gasteiger partial charge in [0.25, 0.3) is 11.1 Å². The number of carbonyl (C=O) groups is 2. The van der Waals surface area contributed by atoms with Crippen LogP contribution >= 0.6 is 22.6 Å². The Kier molecular flexibility index (Phi) is 13.8. The number of carbonyl (C=O) groups excluding carboxylic acids is 2. The fraction of sp³-hybridized carbons (Fsp3) is 0.275. The predicted octanol–water partition coefficient (Wildman–Crippen LogP) is 3.14. The summed E-state index contributed by atoms with van der Waals surface area (Å²) in [5.41, 5.74) is -2.76. The molecule has 18 nitrogen and oxygen atoms in total. The topological polar surface area (TPSA) is 248 Å². The minimum Gasteiger partial charge on any atom is -0.508 e. The fourth-order valence-corrected chi connectivity index (χ4v) is 6.84. The number of halogens is 4. The number of benzene rings is 3. The summed E-state index contributed by atoms with van der Waals surface area (Å²) in [5.74, 6) is -5.08. The van der Waals surface area contributed by atoms with Crippen LogP contribution in [0, 0.1) is 21.0 Å². The van der Waals surface area contributed by atoms with Gasteiger partial charge in [0.2, 0.25) is 11.7 Å². The van der Waals surface area contributed by atoms with Gasteiger partial charge in [-0.05, 0) is 70.5 Å². The highest BCUT2D eigenvalue weighted by molar-refractivity contribution is 14.1. The fourth-order valence-electron chi connectivity index (χ4n) is 6.38. The Morgan fingerprint density at radius 2 is 1.73 bits per heavy atom. The summed E-state index contributed by atoms with van der Waals surface area (Å²) in [7, 11) is 1.20. The molecule has 0 spiro atoms. The number of nitrogens with one attached hydrogen (secondary N) is 4. The molecule has 0 aliphatic carbocycles. The Morgan fingerprint density at radius 3 is 2.44 bits per heavy atom. The van der Waals surface area contributed by atoms with Gasteiger partial charge in [-0.2, -0.15) is 9.49 Å². The van der Waals surface area contributed by atoms with Gasteiger partial charge in [0.05, 0.1) is 29.2 Å². The number of aromatic amines is 1. The average molecular weight is 974 g/mol. The van der Waals surface area contributed by atoms with Crippen LogP contribution in [-0.2, 0) is 34.5 Å². The first kappa shape index (κ1) is 45.0. The number of amides is 1. The van der Waals surface area contributed by atoms with Gasteiger partial charge in [0.1, 0.15) is 54.0 Å². The smallest absolute Gasteiger partial charge is 0.348 e. The summed E-state index contributed by atoms with van der Waals surface area (Å²) >= 11 is 1.88. The first-order chi connectivity index (χ1) is 29.4. The number of aliphatic hydroxyl groups is 1. The quantitative estimate of drug-likeness (QED) is 0.0319. The molecule has 3 aromatic heterocycles. The molecule has 6 rings (SSSR count). The van der Waals surface area contributed by atoms with E-state index in [2.05, 4.69) is 31.1 Å². The number of aliphatic hydroxyl groups excluding tert-OH is 1. The van der Waals surface area contributed by atoms with E-state index in [1.807, 2.05) is 36.4 Å². The van der Waals surface area contributed by atoms with Crippen molar-refractivity contribution < 1.29 is 42.8 Å². The van der Waals surface area contributed by atoms with Crippen LogP contribution in [0.2, 0.25) is 0 Å². The number of phenols is 2. The summed E-state index contributed by atoms with van der Waals surface area (Å²) in [5, 5.41) is 45.2. The van der Waals surface area contributed by atoms with Gasteiger partial charge in [-0.25, -0.2) is 28.2 Å². The second kappa shape index (κ2) is 19.0. The zero-order chi connectivity index (χ0) is 45.0. The van der Waals surface area contributed by atoms with Crippen LogP contribution in [0.5, 0.6) is 11.5 Å². The summed E-state index contributed by atoms with van der Waals surface area (Å²) in [6.45, 7) is 2.76. The largest absolute Gasteiger partial charge is 0.508 e. The van der Waals surface area contributed by atoms with Crippen LogP contribution in [0.1, 0.15) is 37.3 Å². The van der Waals surface area contributed by atoms with E-state index in [-0.39, 0.29) is 71.0 Å². The number of fused-ring (bicyclic) bond motifs is 1. The number of pyridine rings is 1. The number of rotatable bonds is 16. The molecule has 3 aromatic carbocycles. The maximum absolute atomic E-state index is 15.3. The Bertz CT molecular complexity index is 2880. The number of hydrogen-bond acceptors (Lipinski definition) is 13. The van der Waals surface area contributed by atoms with Crippen molar-refractivity contribution in [1.82, 2.24) is 39.5 Å². The maximum atomic E-state index is 15.3. The lowest BCUT2D eigenvalue weighted by atomic mass is 9.98. The minimum atomic E-state index is -1.49. The van der Waals surface area contributed by atoms with Crippen molar-refractivity contribution in [1.29, 1.82) is 0 Å². The van der Waals surface area contributed by atoms with E-state index in [9.17, 15) is 43.7 Å². The van der Waals surface area contributed by atoms with Crippen molar-refractivity contribution >= 4 is 56.9 Å². The van der Waals surface area contributed by atoms with Crippen LogP contribution in [0.3, 0.4) is 0 Å². The molecule has 0 fully saturated rings. The van der Waals surface area contributed by atoms with E-state index in [1.165, 1.54) is 37.4 Å². The van der Waals surface area contributed by atoms with Gasteiger partial charge in [-0.1, -0.05) is 19.9 Å². The Hall–Kier alpha value is -6.53. The van der Waals surface area contributed by atoms with Crippen molar-refractivity contribution in [2.75, 3.05) is 25.0 Å². The van der Waals surface area contributed by atoms with Crippen molar-refractivity contribution in [3.8, 4) is 28.6 Å². The molecule has 6 aromatic rings. The molecule has 22 heteroatoms. The van der Waals surface area contributed by atoms with E-state index in [0.717, 1.165) is 38.2 Å². The summed E-state index contributed by atoms with van der Waals surface area (Å²) in [4.78, 5) is 67.6. The highest BCUT2D eigenvalue weighted by Crippen LogP contribution is 2.37.